The summed E-state index contributed by atoms with van der Waals surface area (Å²) in [7, 11) is 0. The van der Waals surface area contributed by atoms with E-state index in [-0.39, 0.29) is 12.5 Å². The Bertz CT molecular complexity index is 1280. The summed E-state index contributed by atoms with van der Waals surface area (Å²) in [5.41, 5.74) is 2.62. The summed E-state index contributed by atoms with van der Waals surface area (Å²) in [4.78, 5) is 14.9. The Morgan fingerprint density at radius 3 is 2.20 bits per heavy atom. The van der Waals surface area contributed by atoms with Crippen molar-refractivity contribution >= 4 is 12.0 Å². The number of alkyl halides is 3. The van der Waals surface area contributed by atoms with Gasteiger partial charge in [0.2, 0.25) is 5.91 Å². The molecule has 3 aromatic carbocycles. The summed E-state index contributed by atoms with van der Waals surface area (Å²) < 4.78 is 41.3. The molecular weight excluding hydrogens is 449 g/mol. The normalized spacial score (nSPS) is 11.6. The molecule has 4 rings (SSSR count). The highest BCUT2D eigenvalue weighted by molar-refractivity contribution is 5.91. The van der Waals surface area contributed by atoms with Crippen LogP contribution in [-0.4, -0.2) is 15.4 Å². The van der Waals surface area contributed by atoms with Crippen molar-refractivity contribution in [1.82, 2.24) is 9.47 Å². The zero-order valence-electron chi connectivity index (χ0n) is 19.0. The molecule has 0 aliphatic heterocycles. The van der Waals surface area contributed by atoms with Crippen molar-refractivity contribution in [2.45, 2.75) is 25.8 Å². The number of benzene rings is 3. The lowest BCUT2D eigenvalue weighted by Gasteiger charge is -2.23. The SMILES string of the molecule is O=C(C=Cc1ccccc1)N(Cc1ccccc1)Cc1cccn1Cc1cccc(C(F)(F)F)c1. The minimum atomic E-state index is -4.39. The lowest BCUT2D eigenvalue weighted by Crippen LogP contribution is -2.29. The van der Waals surface area contributed by atoms with Gasteiger partial charge in [0.25, 0.3) is 0 Å². The summed E-state index contributed by atoms with van der Waals surface area (Å²) in [5.74, 6) is -0.149. The molecule has 35 heavy (non-hydrogen) atoms. The van der Waals surface area contributed by atoms with Crippen molar-refractivity contribution < 1.29 is 18.0 Å². The Labute approximate surface area is 202 Å². The summed E-state index contributed by atoms with van der Waals surface area (Å²) in [6.07, 6.45) is 0.764. The fraction of sp³-hybridized carbons (Fsp3) is 0.138. The highest BCUT2D eigenvalue weighted by Gasteiger charge is 2.30. The van der Waals surface area contributed by atoms with Crippen molar-refractivity contribution in [3.8, 4) is 0 Å². The molecule has 0 radical (unpaired) electrons. The van der Waals surface area contributed by atoms with Gasteiger partial charge < -0.3 is 9.47 Å². The maximum atomic E-state index is 13.2. The van der Waals surface area contributed by atoms with Gasteiger partial charge in [0.1, 0.15) is 0 Å². The van der Waals surface area contributed by atoms with E-state index in [9.17, 15) is 18.0 Å². The van der Waals surface area contributed by atoms with E-state index < -0.39 is 11.7 Å². The third kappa shape index (κ3) is 6.73. The van der Waals surface area contributed by atoms with Gasteiger partial charge in [-0.3, -0.25) is 4.79 Å². The number of hydrogen-bond acceptors (Lipinski definition) is 1. The first-order valence-corrected chi connectivity index (χ1v) is 11.2. The number of halogens is 3. The van der Waals surface area contributed by atoms with E-state index in [0.717, 1.165) is 22.9 Å². The van der Waals surface area contributed by atoms with Crippen molar-refractivity contribution in [2.24, 2.45) is 0 Å². The van der Waals surface area contributed by atoms with Crippen molar-refractivity contribution in [2.75, 3.05) is 0 Å². The van der Waals surface area contributed by atoms with E-state index in [1.165, 1.54) is 12.1 Å². The van der Waals surface area contributed by atoms with Gasteiger partial charge in [-0.2, -0.15) is 13.2 Å². The molecule has 1 amide bonds. The first kappa shape index (κ1) is 24.1. The van der Waals surface area contributed by atoms with Gasteiger partial charge in [-0.25, -0.2) is 0 Å². The van der Waals surface area contributed by atoms with Crippen LogP contribution in [0.3, 0.4) is 0 Å². The van der Waals surface area contributed by atoms with Crippen LogP contribution in [0.25, 0.3) is 6.08 Å². The first-order chi connectivity index (χ1) is 16.9. The minimum Gasteiger partial charge on any atom is -0.345 e. The van der Waals surface area contributed by atoms with Gasteiger partial charge in [0, 0.05) is 31.1 Å². The van der Waals surface area contributed by atoms with Gasteiger partial charge in [-0.15, -0.1) is 0 Å². The molecule has 0 saturated heterocycles. The zero-order chi connectivity index (χ0) is 24.7. The molecule has 0 fully saturated rings. The third-order valence-electron chi connectivity index (χ3n) is 5.63. The monoisotopic (exact) mass is 474 g/mol. The molecule has 1 heterocycles. The maximum Gasteiger partial charge on any atom is 0.416 e. The van der Waals surface area contributed by atoms with Gasteiger partial charge in [0.15, 0.2) is 0 Å². The van der Waals surface area contributed by atoms with Gasteiger partial charge in [-0.05, 0) is 47.0 Å². The average molecular weight is 475 g/mol. The van der Waals surface area contributed by atoms with E-state index >= 15 is 0 Å². The number of aromatic nitrogens is 1. The van der Waals surface area contributed by atoms with Crippen LogP contribution in [0.4, 0.5) is 13.2 Å². The second kappa shape index (κ2) is 10.9. The van der Waals surface area contributed by atoms with Crippen LogP contribution in [0.5, 0.6) is 0 Å². The number of carbonyl (C=O) groups excluding carboxylic acids is 1. The molecule has 0 spiro atoms. The molecule has 0 saturated carbocycles. The third-order valence-corrected chi connectivity index (χ3v) is 5.63. The number of nitrogens with zero attached hydrogens (tertiary/aromatic N) is 2. The summed E-state index contributed by atoms with van der Waals surface area (Å²) >= 11 is 0. The molecule has 0 bridgehead atoms. The predicted molar refractivity (Wildman–Crippen MR) is 131 cm³/mol. The van der Waals surface area contributed by atoms with Gasteiger partial charge in [-0.1, -0.05) is 72.8 Å². The number of carbonyl (C=O) groups is 1. The zero-order valence-corrected chi connectivity index (χ0v) is 19.0. The Kier molecular flexibility index (Phi) is 7.51. The van der Waals surface area contributed by atoms with E-state index in [1.54, 1.807) is 23.1 Å². The highest BCUT2D eigenvalue weighted by Crippen LogP contribution is 2.29. The molecule has 0 N–H and O–H groups in total. The first-order valence-electron chi connectivity index (χ1n) is 11.2. The van der Waals surface area contributed by atoms with E-state index in [1.807, 2.05) is 83.6 Å². The predicted octanol–water partition coefficient (Wildman–Crippen LogP) is 6.80. The number of amides is 1. The summed E-state index contributed by atoms with van der Waals surface area (Å²) in [5, 5.41) is 0. The Balaban J connectivity index is 1.55. The Morgan fingerprint density at radius 1 is 0.800 bits per heavy atom. The molecule has 0 atom stereocenters. The standard InChI is InChI=1S/C29H25F3N2O/c30-29(31,32)26-14-7-13-25(19-26)21-33-18-8-15-27(33)22-34(20-24-11-5-2-6-12-24)28(35)17-16-23-9-3-1-4-10-23/h1-19H,20-22H2. The molecule has 3 nitrogen and oxygen atoms in total. The van der Waals surface area contributed by atoms with Crippen LogP contribution in [0.1, 0.15) is 27.9 Å². The second-order valence-corrected chi connectivity index (χ2v) is 8.25. The highest BCUT2D eigenvalue weighted by atomic mass is 19.4. The average Bonchev–Trinajstić information content (AvgIpc) is 3.29. The van der Waals surface area contributed by atoms with Crippen LogP contribution < -0.4 is 0 Å². The Hall–Kier alpha value is -4.06. The fourth-order valence-electron chi connectivity index (χ4n) is 3.84. The quantitative estimate of drug-likeness (QED) is 0.258. The molecule has 1 aromatic heterocycles. The molecule has 0 unspecified atom stereocenters. The fourth-order valence-corrected chi connectivity index (χ4v) is 3.84. The molecule has 6 heteroatoms. The van der Waals surface area contributed by atoms with Gasteiger partial charge in [0.05, 0.1) is 12.1 Å². The second-order valence-electron chi connectivity index (χ2n) is 8.25. The van der Waals surface area contributed by atoms with Crippen LogP contribution in [0.15, 0.2) is 109 Å². The number of hydrogen-bond donors (Lipinski definition) is 0. The number of rotatable bonds is 8. The van der Waals surface area contributed by atoms with Crippen molar-refractivity contribution in [1.29, 1.82) is 0 Å². The largest absolute Gasteiger partial charge is 0.416 e. The smallest absolute Gasteiger partial charge is 0.345 e. The lowest BCUT2D eigenvalue weighted by atomic mass is 10.1. The van der Waals surface area contributed by atoms with Gasteiger partial charge >= 0.3 is 6.18 Å². The maximum absolute atomic E-state index is 13.2. The van der Waals surface area contributed by atoms with Crippen LogP contribution in [-0.2, 0) is 30.6 Å². The van der Waals surface area contributed by atoms with E-state index in [0.29, 0.717) is 18.7 Å². The topological polar surface area (TPSA) is 25.2 Å². The lowest BCUT2D eigenvalue weighted by molar-refractivity contribution is -0.137. The van der Waals surface area contributed by atoms with Crippen molar-refractivity contribution in [3.63, 3.8) is 0 Å². The van der Waals surface area contributed by atoms with Crippen LogP contribution in [0.2, 0.25) is 0 Å². The molecule has 178 valence electrons. The van der Waals surface area contributed by atoms with Crippen molar-refractivity contribution in [3.05, 3.63) is 137 Å². The Morgan fingerprint density at radius 2 is 1.49 bits per heavy atom. The van der Waals surface area contributed by atoms with E-state index in [4.69, 9.17) is 0 Å². The minimum absolute atomic E-state index is 0.149. The molecule has 0 aliphatic rings. The summed E-state index contributed by atoms with van der Waals surface area (Å²) in [6.45, 7) is 1.01. The van der Waals surface area contributed by atoms with Crippen LogP contribution >= 0.6 is 0 Å². The van der Waals surface area contributed by atoms with E-state index in [2.05, 4.69) is 0 Å². The van der Waals surface area contributed by atoms with Crippen LogP contribution in [0, 0.1) is 0 Å². The molecule has 4 aromatic rings. The summed E-state index contributed by atoms with van der Waals surface area (Å²) in [6, 6.07) is 28.3. The molecule has 0 aliphatic carbocycles. The molecular formula is C29H25F3N2O.